The zero-order chi connectivity index (χ0) is 17.6. The van der Waals surface area contributed by atoms with Crippen LogP contribution in [0.1, 0.15) is 43.0 Å². The second-order valence-electron chi connectivity index (χ2n) is 6.96. The van der Waals surface area contributed by atoms with Crippen LogP contribution in [-0.4, -0.2) is 34.6 Å². The van der Waals surface area contributed by atoms with Crippen LogP contribution < -0.4 is 10.9 Å². The SMILES string of the molecule is CCO[C@@H]1C[C@H](NC(=O)c2ccc3c(=O)[nH]c(=S)[nH]c3c2)C12CCC2. The summed E-state index contributed by atoms with van der Waals surface area (Å²) in [6.07, 6.45) is 4.56. The number of benzene rings is 1. The Labute approximate surface area is 150 Å². The van der Waals surface area contributed by atoms with Crippen molar-refractivity contribution in [2.24, 2.45) is 5.41 Å². The minimum Gasteiger partial charge on any atom is -0.378 e. The van der Waals surface area contributed by atoms with Crippen molar-refractivity contribution in [2.75, 3.05) is 6.61 Å². The van der Waals surface area contributed by atoms with Crippen LogP contribution in [-0.2, 0) is 4.74 Å². The maximum absolute atomic E-state index is 12.7. The topological polar surface area (TPSA) is 87.0 Å². The molecule has 25 heavy (non-hydrogen) atoms. The first kappa shape index (κ1) is 16.5. The zero-order valence-electron chi connectivity index (χ0n) is 14.1. The molecule has 7 heteroatoms. The Morgan fingerprint density at radius 3 is 2.88 bits per heavy atom. The summed E-state index contributed by atoms with van der Waals surface area (Å²) in [5, 5.41) is 3.65. The van der Waals surface area contributed by atoms with Gasteiger partial charge in [0, 0.05) is 23.6 Å². The molecule has 6 nitrogen and oxygen atoms in total. The van der Waals surface area contributed by atoms with Crippen LogP contribution >= 0.6 is 12.2 Å². The maximum atomic E-state index is 12.7. The summed E-state index contributed by atoms with van der Waals surface area (Å²) in [7, 11) is 0. The van der Waals surface area contributed by atoms with Crippen LogP contribution in [0.5, 0.6) is 0 Å². The van der Waals surface area contributed by atoms with Gasteiger partial charge in [0.25, 0.3) is 11.5 Å². The molecule has 2 atom stereocenters. The number of hydrogen-bond donors (Lipinski definition) is 3. The number of carbonyl (C=O) groups excluding carboxylic acids is 1. The number of aromatic amines is 2. The molecule has 2 aromatic rings. The number of nitrogens with one attached hydrogen (secondary N) is 3. The lowest BCUT2D eigenvalue weighted by molar-refractivity contribution is -0.169. The van der Waals surface area contributed by atoms with Gasteiger partial charge in [0.15, 0.2) is 4.77 Å². The van der Waals surface area contributed by atoms with Gasteiger partial charge in [-0.2, -0.15) is 0 Å². The van der Waals surface area contributed by atoms with Gasteiger partial charge in [0.2, 0.25) is 0 Å². The van der Waals surface area contributed by atoms with Crippen LogP contribution in [0.25, 0.3) is 10.9 Å². The lowest BCUT2D eigenvalue weighted by Gasteiger charge is -2.61. The van der Waals surface area contributed by atoms with Crippen molar-refractivity contribution in [3.63, 3.8) is 0 Å². The number of rotatable bonds is 4. The Morgan fingerprint density at radius 2 is 2.20 bits per heavy atom. The van der Waals surface area contributed by atoms with E-state index in [9.17, 15) is 9.59 Å². The summed E-state index contributed by atoms with van der Waals surface area (Å²) in [5.41, 5.74) is 0.968. The zero-order valence-corrected chi connectivity index (χ0v) is 14.9. The molecule has 1 aromatic heterocycles. The molecular formula is C18H21N3O3S. The third-order valence-corrected chi connectivity index (χ3v) is 5.95. The molecule has 1 spiro atoms. The number of carbonyl (C=O) groups is 1. The number of ether oxygens (including phenoxy) is 1. The lowest BCUT2D eigenvalue weighted by Crippen LogP contribution is -2.67. The van der Waals surface area contributed by atoms with Crippen LogP contribution in [0.3, 0.4) is 0 Å². The van der Waals surface area contributed by atoms with Crippen molar-refractivity contribution < 1.29 is 9.53 Å². The Morgan fingerprint density at radius 1 is 1.40 bits per heavy atom. The fourth-order valence-electron chi connectivity index (χ4n) is 4.19. The van der Waals surface area contributed by atoms with Crippen molar-refractivity contribution in [3.8, 4) is 0 Å². The van der Waals surface area contributed by atoms with Crippen LogP contribution in [0.15, 0.2) is 23.0 Å². The average molecular weight is 359 g/mol. The Bertz CT molecular complexity index is 944. The van der Waals surface area contributed by atoms with Crippen molar-refractivity contribution in [3.05, 3.63) is 38.9 Å². The molecular weight excluding hydrogens is 338 g/mol. The van der Waals surface area contributed by atoms with E-state index >= 15 is 0 Å². The Hall–Kier alpha value is -1.99. The average Bonchev–Trinajstić information content (AvgIpc) is 2.51. The summed E-state index contributed by atoms with van der Waals surface area (Å²) in [6, 6.07) is 5.17. The highest BCUT2D eigenvalue weighted by molar-refractivity contribution is 7.71. The van der Waals surface area contributed by atoms with Gasteiger partial charge in [-0.15, -0.1) is 0 Å². The third-order valence-electron chi connectivity index (χ3n) is 5.74. The Kier molecular flexibility index (Phi) is 4.00. The smallest absolute Gasteiger partial charge is 0.259 e. The van der Waals surface area contributed by atoms with E-state index in [1.54, 1.807) is 18.2 Å². The summed E-state index contributed by atoms with van der Waals surface area (Å²) in [6.45, 7) is 2.73. The van der Waals surface area contributed by atoms with Crippen molar-refractivity contribution in [1.29, 1.82) is 0 Å². The molecule has 0 unspecified atom stereocenters. The third kappa shape index (κ3) is 2.62. The van der Waals surface area contributed by atoms with Crippen LogP contribution in [0.4, 0.5) is 0 Å². The first-order valence-corrected chi connectivity index (χ1v) is 9.13. The summed E-state index contributed by atoms with van der Waals surface area (Å²) in [4.78, 5) is 30.0. The summed E-state index contributed by atoms with van der Waals surface area (Å²) < 4.78 is 6.08. The fraction of sp³-hybridized carbons (Fsp3) is 0.500. The molecule has 2 aliphatic rings. The van der Waals surface area contributed by atoms with E-state index in [0.29, 0.717) is 23.1 Å². The van der Waals surface area contributed by atoms with Gasteiger partial charge in [0.1, 0.15) is 0 Å². The standard InChI is InChI=1S/C18H21N3O3S/c1-2-24-14-9-13(18(14)6-3-7-18)20-15(22)10-4-5-11-12(8-10)19-17(25)21-16(11)23/h4-5,8,13-14H,2-3,6-7,9H2,1H3,(H,20,22)(H2,19,21,23,25)/t13-,14+/m0/s1. The second kappa shape index (κ2) is 6.07. The number of H-pyrrole nitrogens is 2. The fourth-order valence-corrected chi connectivity index (χ4v) is 4.40. The van der Waals surface area contributed by atoms with Gasteiger partial charge in [-0.3, -0.25) is 14.6 Å². The van der Waals surface area contributed by atoms with E-state index in [1.165, 1.54) is 6.42 Å². The first-order valence-electron chi connectivity index (χ1n) is 8.72. The minimum atomic E-state index is -0.252. The molecule has 1 heterocycles. The minimum absolute atomic E-state index is 0.118. The largest absolute Gasteiger partial charge is 0.378 e. The molecule has 2 fully saturated rings. The molecule has 1 aromatic carbocycles. The van der Waals surface area contributed by atoms with Gasteiger partial charge in [-0.05, 0) is 56.6 Å². The molecule has 3 N–H and O–H groups in total. The monoisotopic (exact) mass is 359 g/mol. The molecule has 132 valence electrons. The molecule has 0 bridgehead atoms. The highest BCUT2D eigenvalue weighted by atomic mass is 32.1. The van der Waals surface area contributed by atoms with E-state index in [-0.39, 0.29) is 33.8 Å². The van der Waals surface area contributed by atoms with E-state index in [2.05, 4.69) is 15.3 Å². The highest BCUT2D eigenvalue weighted by Crippen LogP contribution is 2.57. The number of hydrogen-bond acceptors (Lipinski definition) is 4. The first-order chi connectivity index (χ1) is 12.0. The van der Waals surface area contributed by atoms with Crippen molar-refractivity contribution in [1.82, 2.24) is 15.3 Å². The molecule has 0 saturated heterocycles. The van der Waals surface area contributed by atoms with Gasteiger partial charge in [-0.25, -0.2) is 0 Å². The van der Waals surface area contributed by atoms with Crippen LogP contribution in [0, 0.1) is 10.2 Å². The molecule has 0 radical (unpaired) electrons. The molecule has 2 saturated carbocycles. The van der Waals surface area contributed by atoms with Gasteiger partial charge in [0.05, 0.1) is 17.0 Å². The lowest BCUT2D eigenvalue weighted by atomic mass is 9.51. The quantitative estimate of drug-likeness (QED) is 0.733. The Balaban J connectivity index is 1.55. The molecule has 1 amide bonds. The van der Waals surface area contributed by atoms with E-state index in [0.717, 1.165) is 19.3 Å². The van der Waals surface area contributed by atoms with Gasteiger partial charge in [-0.1, -0.05) is 6.42 Å². The number of aromatic nitrogens is 2. The summed E-state index contributed by atoms with van der Waals surface area (Å²) in [5.74, 6) is -0.118. The second-order valence-corrected chi connectivity index (χ2v) is 7.37. The van der Waals surface area contributed by atoms with E-state index in [4.69, 9.17) is 17.0 Å². The number of amides is 1. The van der Waals surface area contributed by atoms with Crippen LogP contribution in [0.2, 0.25) is 0 Å². The highest BCUT2D eigenvalue weighted by Gasteiger charge is 2.59. The molecule has 4 rings (SSSR count). The maximum Gasteiger partial charge on any atom is 0.259 e. The molecule has 2 aliphatic carbocycles. The van der Waals surface area contributed by atoms with Gasteiger partial charge >= 0.3 is 0 Å². The van der Waals surface area contributed by atoms with E-state index in [1.807, 2.05) is 6.92 Å². The van der Waals surface area contributed by atoms with Gasteiger partial charge < -0.3 is 15.0 Å². The predicted octanol–water partition coefficient (Wildman–Crippen LogP) is 2.66. The normalized spacial score (nSPS) is 23.9. The van der Waals surface area contributed by atoms with Crippen molar-refractivity contribution in [2.45, 2.75) is 44.8 Å². The number of fused-ring (bicyclic) bond motifs is 1. The summed E-state index contributed by atoms with van der Waals surface area (Å²) >= 11 is 5.00. The predicted molar refractivity (Wildman–Crippen MR) is 97.3 cm³/mol. The van der Waals surface area contributed by atoms with E-state index < -0.39 is 0 Å². The molecule has 0 aliphatic heterocycles. The van der Waals surface area contributed by atoms with Crippen molar-refractivity contribution >= 4 is 29.0 Å².